The molecule has 5 nitrogen and oxygen atoms in total. The normalized spacial score (nSPS) is 9.95. The molecule has 0 aliphatic carbocycles. The number of anilines is 1. The summed E-state index contributed by atoms with van der Waals surface area (Å²) in [4.78, 5) is 23.3. The van der Waals surface area contributed by atoms with Crippen molar-refractivity contribution in [2.24, 2.45) is 0 Å². The monoisotopic (exact) mass is 305 g/mol. The summed E-state index contributed by atoms with van der Waals surface area (Å²) in [5.74, 6) is -1.20. The van der Waals surface area contributed by atoms with E-state index >= 15 is 0 Å². The van der Waals surface area contributed by atoms with Crippen molar-refractivity contribution >= 4 is 29.2 Å². The molecule has 0 heterocycles. The molecule has 0 saturated heterocycles. The van der Waals surface area contributed by atoms with E-state index in [1.807, 2.05) is 0 Å². The van der Waals surface area contributed by atoms with Crippen molar-refractivity contribution in [2.45, 2.75) is 0 Å². The molecule has 0 spiro atoms. The molecule has 0 bridgehead atoms. The summed E-state index contributed by atoms with van der Waals surface area (Å²) in [7, 11) is 0. The second-order valence-corrected chi connectivity index (χ2v) is 4.62. The SMILES string of the molecule is O=C(COC(=O)c1cccc(O)c1)Nc1ccc(Cl)cc1. The fourth-order valence-corrected chi connectivity index (χ4v) is 1.70. The van der Waals surface area contributed by atoms with Crippen LogP contribution in [0.3, 0.4) is 0 Å². The fraction of sp³-hybridized carbons (Fsp3) is 0.0667. The lowest BCUT2D eigenvalue weighted by Gasteiger charge is -2.07. The number of rotatable bonds is 4. The van der Waals surface area contributed by atoms with Crippen molar-refractivity contribution < 1.29 is 19.4 Å². The number of carbonyl (C=O) groups is 2. The van der Waals surface area contributed by atoms with Gasteiger partial charge in [-0.3, -0.25) is 4.79 Å². The van der Waals surface area contributed by atoms with Gasteiger partial charge in [-0.2, -0.15) is 0 Å². The van der Waals surface area contributed by atoms with Crippen LogP contribution in [0.2, 0.25) is 5.02 Å². The number of esters is 1. The molecule has 2 rings (SSSR count). The van der Waals surface area contributed by atoms with Gasteiger partial charge in [-0.1, -0.05) is 17.7 Å². The van der Waals surface area contributed by atoms with Gasteiger partial charge < -0.3 is 15.2 Å². The highest BCUT2D eigenvalue weighted by Crippen LogP contribution is 2.14. The number of hydrogen-bond donors (Lipinski definition) is 2. The van der Waals surface area contributed by atoms with Crippen molar-refractivity contribution in [1.82, 2.24) is 0 Å². The van der Waals surface area contributed by atoms with Crippen LogP contribution in [-0.2, 0) is 9.53 Å². The lowest BCUT2D eigenvalue weighted by atomic mass is 10.2. The number of phenolic OH excluding ortho intramolecular Hbond substituents is 1. The maximum Gasteiger partial charge on any atom is 0.338 e. The smallest absolute Gasteiger partial charge is 0.338 e. The molecule has 0 radical (unpaired) electrons. The quantitative estimate of drug-likeness (QED) is 0.852. The minimum absolute atomic E-state index is 0.0462. The summed E-state index contributed by atoms with van der Waals surface area (Å²) >= 11 is 5.73. The third-order valence-electron chi connectivity index (χ3n) is 2.54. The molecule has 0 fully saturated rings. The van der Waals surface area contributed by atoms with Gasteiger partial charge in [0.2, 0.25) is 0 Å². The van der Waals surface area contributed by atoms with E-state index in [0.29, 0.717) is 10.7 Å². The molecule has 1 amide bonds. The van der Waals surface area contributed by atoms with E-state index in [-0.39, 0.29) is 11.3 Å². The fourth-order valence-electron chi connectivity index (χ4n) is 1.58. The topological polar surface area (TPSA) is 75.6 Å². The van der Waals surface area contributed by atoms with Crippen molar-refractivity contribution in [1.29, 1.82) is 0 Å². The highest BCUT2D eigenvalue weighted by Gasteiger charge is 2.10. The Morgan fingerprint density at radius 2 is 1.86 bits per heavy atom. The molecular weight excluding hydrogens is 294 g/mol. The molecular formula is C15H12ClNO4. The number of ether oxygens (including phenoxy) is 1. The first-order valence-corrected chi connectivity index (χ1v) is 6.44. The van der Waals surface area contributed by atoms with Crippen molar-refractivity contribution in [2.75, 3.05) is 11.9 Å². The average molecular weight is 306 g/mol. The molecule has 2 aromatic carbocycles. The summed E-state index contributed by atoms with van der Waals surface area (Å²) in [5.41, 5.74) is 0.729. The van der Waals surface area contributed by atoms with E-state index in [1.54, 1.807) is 24.3 Å². The van der Waals surface area contributed by atoms with Crippen LogP contribution < -0.4 is 5.32 Å². The van der Waals surface area contributed by atoms with Crippen LogP contribution in [0.1, 0.15) is 10.4 Å². The second-order valence-electron chi connectivity index (χ2n) is 4.18. The van der Waals surface area contributed by atoms with Crippen LogP contribution in [0.4, 0.5) is 5.69 Å². The van der Waals surface area contributed by atoms with Crippen molar-refractivity contribution in [3.63, 3.8) is 0 Å². The van der Waals surface area contributed by atoms with Crippen LogP contribution in [-0.4, -0.2) is 23.6 Å². The maximum absolute atomic E-state index is 11.7. The number of amides is 1. The van der Waals surface area contributed by atoms with Gasteiger partial charge in [-0.05, 0) is 42.5 Å². The first-order valence-electron chi connectivity index (χ1n) is 6.06. The first kappa shape index (κ1) is 14.9. The molecule has 6 heteroatoms. The molecule has 0 aromatic heterocycles. The Bertz CT molecular complexity index is 655. The van der Waals surface area contributed by atoms with E-state index in [0.717, 1.165) is 0 Å². The minimum atomic E-state index is -0.683. The van der Waals surface area contributed by atoms with Crippen LogP contribution in [0.25, 0.3) is 0 Å². The zero-order valence-electron chi connectivity index (χ0n) is 10.9. The van der Waals surface area contributed by atoms with Gasteiger partial charge in [0.25, 0.3) is 5.91 Å². The first-order chi connectivity index (χ1) is 10.0. The Hall–Kier alpha value is -2.53. The number of benzene rings is 2. The number of phenols is 1. The van der Waals surface area contributed by atoms with Crippen LogP contribution in [0.15, 0.2) is 48.5 Å². The largest absolute Gasteiger partial charge is 0.508 e. The van der Waals surface area contributed by atoms with Crippen molar-refractivity contribution in [3.05, 3.63) is 59.1 Å². The molecule has 21 heavy (non-hydrogen) atoms. The molecule has 2 N–H and O–H groups in total. The molecule has 108 valence electrons. The Morgan fingerprint density at radius 3 is 2.52 bits per heavy atom. The minimum Gasteiger partial charge on any atom is -0.508 e. The van der Waals surface area contributed by atoms with Gasteiger partial charge in [0.1, 0.15) is 5.75 Å². The summed E-state index contributed by atoms with van der Waals surface area (Å²) in [5, 5.41) is 12.4. The lowest BCUT2D eigenvalue weighted by molar-refractivity contribution is -0.119. The van der Waals surface area contributed by atoms with Crippen LogP contribution in [0.5, 0.6) is 5.75 Å². The molecule has 0 aliphatic heterocycles. The van der Waals surface area contributed by atoms with Gasteiger partial charge in [0, 0.05) is 10.7 Å². The summed E-state index contributed by atoms with van der Waals surface area (Å²) < 4.78 is 4.85. The summed E-state index contributed by atoms with van der Waals surface area (Å²) in [6.45, 7) is -0.420. The molecule has 0 saturated carbocycles. The van der Waals surface area contributed by atoms with Crippen molar-refractivity contribution in [3.8, 4) is 5.75 Å². The van der Waals surface area contributed by atoms with Crippen LogP contribution in [0, 0.1) is 0 Å². The standard InChI is InChI=1S/C15H12ClNO4/c16-11-4-6-12(7-5-11)17-14(19)9-21-15(20)10-2-1-3-13(18)8-10/h1-8,18H,9H2,(H,17,19). The maximum atomic E-state index is 11.7. The zero-order chi connectivity index (χ0) is 15.2. The zero-order valence-corrected chi connectivity index (χ0v) is 11.6. The molecule has 0 aliphatic rings. The number of nitrogens with one attached hydrogen (secondary N) is 1. The van der Waals surface area contributed by atoms with E-state index in [1.165, 1.54) is 24.3 Å². The van der Waals surface area contributed by atoms with E-state index in [2.05, 4.69) is 5.32 Å². The highest BCUT2D eigenvalue weighted by molar-refractivity contribution is 6.30. The lowest BCUT2D eigenvalue weighted by Crippen LogP contribution is -2.20. The van der Waals surface area contributed by atoms with Gasteiger partial charge in [0.05, 0.1) is 5.56 Å². The Morgan fingerprint density at radius 1 is 1.14 bits per heavy atom. The Labute approximate surface area is 126 Å². The van der Waals surface area contributed by atoms with E-state index < -0.39 is 18.5 Å². The highest BCUT2D eigenvalue weighted by atomic mass is 35.5. The number of hydrogen-bond acceptors (Lipinski definition) is 4. The molecule has 2 aromatic rings. The van der Waals surface area contributed by atoms with Gasteiger partial charge >= 0.3 is 5.97 Å². The average Bonchev–Trinajstić information content (AvgIpc) is 2.47. The second kappa shape index (κ2) is 6.76. The van der Waals surface area contributed by atoms with Gasteiger partial charge in [-0.25, -0.2) is 4.79 Å². The third-order valence-corrected chi connectivity index (χ3v) is 2.80. The number of carbonyl (C=O) groups excluding carboxylic acids is 2. The van der Waals surface area contributed by atoms with Crippen LogP contribution >= 0.6 is 11.6 Å². The third kappa shape index (κ3) is 4.50. The predicted octanol–water partition coefficient (Wildman–Crippen LogP) is 2.84. The Balaban J connectivity index is 1.86. The van der Waals surface area contributed by atoms with E-state index in [9.17, 15) is 14.7 Å². The molecule has 0 unspecified atom stereocenters. The molecule has 0 atom stereocenters. The van der Waals surface area contributed by atoms with E-state index in [4.69, 9.17) is 16.3 Å². The van der Waals surface area contributed by atoms with Gasteiger partial charge in [0.15, 0.2) is 6.61 Å². The Kier molecular flexibility index (Phi) is 4.79. The number of aromatic hydroxyl groups is 1. The predicted molar refractivity (Wildman–Crippen MR) is 78.5 cm³/mol. The van der Waals surface area contributed by atoms with Gasteiger partial charge in [-0.15, -0.1) is 0 Å². The summed E-state index contributed by atoms with van der Waals surface area (Å²) in [6, 6.07) is 12.2. The summed E-state index contributed by atoms with van der Waals surface area (Å²) in [6.07, 6.45) is 0. The number of halogens is 1.